The van der Waals surface area contributed by atoms with Crippen LogP contribution in [0.2, 0.25) is 0 Å². The minimum atomic E-state index is -3.65. The van der Waals surface area contributed by atoms with Gasteiger partial charge in [-0.2, -0.15) is 9.22 Å². The zero-order valence-electron chi connectivity index (χ0n) is 5.00. The van der Waals surface area contributed by atoms with Crippen molar-refractivity contribution >= 4 is 16.1 Å². The topological polar surface area (TPSA) is 89.3 Å². The Balaban J connectivity index is 3.81. The quantitative estimate of drug-likeness (QED) is 0.310. The van der Waals surface area contributed by atoms with Crippen LogP contribution < -0.4 is 10.7 Å². The number of hydrogen-bond acceptors (Lipinski definition) is 4. The summed E-state index contributed by atoms with van der Waals surface area (Å²) in [4.78, 5) is 11.1. The first-order valence-electron chi connectivity index (χ1n) is 2.36. The molecule has 0 aromatic rings. The van der Waals surface area contributed by atoms with E-state index in [1.807, 2.05) is 0 Å². The van der Waals surface area contributed by atoms with Crippen LogP contribution in [-0.2, 0) is 14.8 Å². The Morgan fingerprint density at radius 2 is 2.10 bits per heavy atom. The van der Waals surface area contributed by atoms with E-state index < -0.39 is 28.2 Å². The lowest BCUT2D eigenvalue weighted by Gasteiger charge is -1.96. The molecule has 0 rings (SSSR count). The maximum atomic E-state index is 11.4. The Labute approximate surface area is 57.4 Å². The fourth-order valence-corrected chi connectivity index (χ4v) is 0.821. The fourth-order valence-electron chi connectivity index (χ4n) is 0.274. The number of halogens is 1. The van der Waals surface area contributed by atoms with Crippen LogP contribution in [0.4, 0.5) is 4.39 Å². The number of carbonyl (C=O) groups is 1. The normalized spacial score (nSPS) is 11.4. The molecule has 3 N–H and O–H groups in total. The van der Waals surface area contributed by atoms with Crippen LogP contribution >= 0.6 is 0 Å². The molecular formula is C3H7FN2O3S. The number of nitrogens with one attached hydrogen (secondary N) is 1. The van der Waals surface area contributed by atoms with Gasteiger partial charge in [-0.1, -0.05) is 0 Å². The van der Waals surface area contributed by atoms with Gasteiger partial charge in [-0.3, -0.25) is 10.6 Å². The summed E-state index contributed by atoms with van der Waals surface area (Å²) in [5.41, 5.74) is 0. The molecule has 0 unspecified atom stereocenters. The molecule has 0 fully saturated rings. The van der Waals surface area contributed by atoms with Crippen molar-refractivity contribution in [2.24, 2.45) is 5.84 Å². The average Bonchev–Trinajstić information content (AvgIpc) is 1.85. The molecule has 0 amide bonds. The Morgan fingerprint density at radius 3 is 2.40 bits per heavy atom. The van der Waals surface area contributed by atoms with Crippen LogP contribution in [0, 0.1) is 0 Å². The van der Waals surface area contributed by atoms with Crippen LogP contribution in [0.1, 0.15) is 6.42 Å². The fraction of sp³-hybridized carbons (Fsp3) is 0.667. The van der Waals surface area contributed by atoms with Gasteiger partial charge in [0.25, 0.3) is 0 Å². The van der Waals surface area contributed by atoms with E-state index in [0.29, 0.717) is 0 Å². The molecule has 5 nitrogen and oxygen atoms in total. The zero-order chi connectivity index (χ0) is 8.20. The molecule has 10 heavy (non-hydrogen) atoms. The summed E-state index contributed by atoms with van der Waals surface area (Å²) in [6, 6.07) is -1.67. The summed E-state index contributed by atoms with van der Waals surface area (Å²) in [6.45, 7) is 0. The number of sulfonamides is 1. The second-order valence-corrected chi connectivity index (χ2v) is 3.42. The third kappa shape index (κ3) is 4.36. The second kappa shape index (κ2) is 3.59. The number of hydrazine groups is 1. The predicted octanol–water partition coefficient (Wildman–Crippen LogP) is -1.33. The van der Waals surface area contributed by atoms with Gasteiger partial charge in [0, 0.05) is 0 Å². The molecule has 0 spiro atoms. The second-order valence-electron chi connectivity index (χ2n) is 1.54. The maximum absolute atomic E-state index is 11.4. The van der Waals surface area contributed by atoms with Gasteiger partial charge in [0.2, 0.25) is 10.0 Å². The number of rotatable bonds is 4. The number of hydrogen-bond donors (Lipinski definition) is 2. The van der Waals surface area contributed by atoms with Crippen molar-refractivity contribution in [3.8, 4) is 0 Å². The van der Waals surface area contributed by atoms with Crippen molar-refractivity contribution in [2.75, 3.05) is 5.75 Å². The highest BCUT2D eigenvalue weighted by Gasteiger charge is 2.09. The van der Waals surface area contributed by atoms with E-state index in [0.717, 1.165) is 0 Å². The van der Waals surface area contributed by atoms with Gasteiger partial charge in [0.15, 0.2) is 0 Å². The number of nitrogens with two attached hydrogens (primary N) is 1. The highest BCUT2D eigenvalue weighted by molar-refractivity contribution is 7.89. The van der Waals surface area contributed by atoms with Gasteiger partial charge in [-0.25, -0.2) is 8.42 Å². The molecule has 0 saturated carbocycles. The molecule has 7 heteroatoms. The third-order valence-corrected chi connectivity index (χ3v) is 1.85. The molecule has 0 bridgehead atoms. The van der Waals surface area contributed by atoms with Crippen LogP contribution in [-0.4, -0.2) is 20.2 Å². The van der Waals surface area contributed by atoms with E-state index in [2.05, 4.69) is 5.84 Å². The van der Waals surface area contributed by atoms with Crippen molar-refractivity contribution < 1.29 is 17.6 Å². The average molecular weight is 170 g/mol. The molecule has 0 aromatic heterocycles. The molecular weight excluding hydrogens is 163 g/mol. The molecule has 0 radical (unpaired) electrons. The molecule has 0 atom stereocenters. The number of carbonyl (C=O) groups excluding carboxylic acids is 1. The Hall–Kier alpha value is -0.530. The highest BCUT2D eigenvalue weighted by Crippen LogP contribution is 1.89. The van der Waals surface area contributed by atoms with Crippen LogP contribution in [0.25, 0.3) is 0 Å². The molecule has 0 heterocycles. The summed E-state index contributed by atoms with van der Waals surface area (Å²) in [6.07, 6.45) is -0.660. The first kappa shape index (κ1) is 9.47. The molecule has 0 aliphatic heterocycles. The monoisotopic (exact) mass is 170 g/mol. The van der Waals surface area contributed by atoms with E-state index in [1.54, 1.807) is 0 Å². The lowest BCUT2D eigenvalue weighted by Crippen LogP contribution is -2.32. The first-order chi connectivity index (χ1) is 4.48. The predicted molar refractivity (Wildman–Crippen MR) is 31.8 cm³/mol. The smallest absolute Gasteiger partial charge is 0.261 e. The van der Waals surface area contributed by atoms with Crippen LogP contribution in [0.3, 0.4) is 0 Å². The lowest BCUT2D eigenvalue weighted by molar-refractivity contribution is -0.128. The van der Waals surface area contributed by atoms with Crippen molar-refractivity contribution in [1.82, 2.24) is 4.83 Å². The Morgan fingerprint density at radius 1 is 1.60 bits per heavy atom. The summed E-state index contributed by atoms with van der Waals surface area (Å²) in [5, 5.41) is 0. The van der Waals surface area contributed by atoms with E-state index in [1.165, 1.54) is 4.83 Å². The van der Waals surface area contributed by atoms with Gasteiger partial charge in [-0.15, -0.1) is 0 Å². The highest BCUT2D eigenvalue weighted by atomic mass is 32.2. The van der Waals surface area contributed by atoms with Gasteiger partial charge in [0.1, 0.15) is 0 Å². The Kier molecular flexibility index (Phi) is 3.40. The van der Waals surface area contributed by atoms with Gasteiger partial charge < -0.3 is 0 Å². The van der Waals surface area contributed by atoms with E-state index in [9.17, 15) is 17.6 Å². The van der Waals surface area contributed by atoms with Crippen molar-refractivity contribution in [2.45, 2.75) is 6.42 Å². The largest absolute Gasteiger partial charge is 0.302 e. The van der Waals surface area contributed by atoms with E-state index in [-0.39, 0.29) is 0 Å². The van der Waals surface area contributed by atoms with E-state index in [4.69, 9.17) is 0 Å². The SMILES string of the molecule is NNS(=O)(=O)CCC(=O)F. The third-order valence-electron chi connectivity index (χ3n) is 0.747. The summed E-state index contributed by atoms with van der Waals surface area (Å²) in [5.74, 6) is 3.91. The van der Waals surface area contributed by atoms with Gasteiger partial charge >= 0.3 is 6.04 Å². The standard InChI is InChI=1S/C3H7FN2O3S/c4-3(7)1-2-10(8,9)6-5/h6H,1-2,5H2. The molecule has 0 aliphatic rings. The molecule has 0 saturated heterocycles. The summed E-state index contributed by atoms with van der Waals surface area (Å²) < 4.78 is 32.1. The molecule has 0 aliphatic carbocycles. The van der Waals surface area contributed by atoms with Crippen LogP contribution in [0.5, 0.6) is 0 Å². The molecule has 0 aromatic carbocycles. The van der Waals surface area contributed by atoms with Gasteiger partial charge in [0.05, 0.1) is 12.2 Å². The van der Waals surface area contributed by atoms with Crippen molar-refractivity contribution in [3.05, 3.63) is 0 Å². The summed E-state index contributed by atoms with van der Waals surface area (Å²) in [7, 11) is -3.65. The first-order valence-corrected chi connectivity index (χ1v) is 4.01. The lowest BCUT2D eigenvalue weighted by atomic mass is 10.5. The van der Waals surface area contributed by atoms with Crippen LogP contribution in [0.15, 0.2) is 0 Å². The van der Waals surface area contributed by atoms with E-state index >= 15 is 0 Å². The van der Waals surface area contributed by atoms with Gasteiger partial charge in [-0.05, 0) is 0 Å². The van der Waals surface area contributed by atoms with Crippen molar-refractivity contribution in [3.63, 3.8) is 0 Å². The summed E-state index contributed by atoms with van der Waals surface area (Å²) >= 11 is 0. The maximum Gasteiger partial charge on any atom is 0.302 e. The molecule has 60 valence electrons. The minimum Gasteiger partial charge on any atom is -0.261 e. The minimum absolute atomic E-state index is 0.612. The van der Waals surface area contributed by atoms with Crippen molar-refractivity contribution in [1.29, 1.82) is 0 Å². The Bertz CT molecular complexity index is 212. The zero-order valence-corrected chi connectivity index (χ0v) is 5.82.